The number of halogens is 2. The van der Waals surface area contributed by atoms with Gasteiger partial charge in [-0.05, 0) is 50.1 Å². The molecule has 0 saturated carbocycles. The molecule has 2 heterocycles. The molecule has 1 unspecified atom stereocenters. The number of thiophene rings is 1. The number of benzene rings is 1. The molecule has 140 valence electrons. The van der Waals surface area contributed by atoms with Crippen molar-refractivity contribution in [3.8, 4) is 0 Å². The van der Waals surface area contributed by atoms with E-state index in [-0.39, 0.29) is 12.5 Å². The summed E-state index contributed by atoms with van der Waals surface area (Å²) in [6, 6.07) is 8.63. The van der Waals surface area contributed by atoms with Crippen molar-refractivity contribution in [1.82, 2.24) is 4.31 Å². The lowest BCUT2D eigenvalue weighted by Gasteiger charge is -2.30. The Morgan fingerprint density at radius 1 is 1.35 bits per heavy atom. The second-order valence-corrected chi connectivity index (χ2v) is 11.0. The van der Waals surface area contributed by atoms with Gasteiger partial charge in [-0.15, -0.1) is 11.3 Å². The summed E-state index contributed by atoms with van der Waals surface area (Å²) in [5, 5.41) is 3.24. The number of carbonyl (C=O) groups is 1. The van der Waals surface area contributed by atoms with Crippen molar-refractivity contribution >= 4 is 60.5 Å². The zero-order valence-corrected chi connectivity index (χ0v) is 18.0. The number of carbonyl (C=O) groups excluding carboxylic acids is 1. The Hall–Kier alpha value is -0.930. The Labute approximate surface area is 170 Å². The number of nitrogens with one attached hydrogen (secondary N) is 1. The van der Waals surface area contributed by atoms with E-state index < -0.39 is 15.9 Å². The minimum atomic E-state index is -3.55. The van der Waals surface area contributed by atoms with Crippen LogP contribution in [0.25, 0.3) is 0 Å². The van der Waals surface area contributed by atoms with E-state index in [0.717, 1.165) is 9.35 Å². The molecule has 0 bridgehead atoms. The number of anilines is 1. The average molecular weight is 478 g/mol. The monoisotopic (exact) mass is 476 g/mol. The van der Waals surface area contributed by atoms with E-state index in [1.165, 1.54) is 15.6 Å². The van der Waals surface area contributed by atoms with Crippen LogP contribution in [-0.4, -0.2) is 31.7 Å². The molecule has 0 spiro atoms. The molecule has 5 nitrogen and oxygen atoms in total. The molecule has 1 atom stereocenters. The van der Waals surface area contributed by atoms with Gasteiger partial charge in [0.1, 0.15) is 4.21 Å². The molecule has 1 aromatic carbocycles. The van der Waals surface area contributed by atoms with E-state index >= 15 is 0 Å². The van der Waals surface area contributed by atoms with Gasteiger partial charge in [-0.1, -0.05) is 27.5 Å². The molecule has 0 radical (unpaired) electrons. The Morgan fingerprint density at radius 2 is 2.12 bits per heavy atom. The summed E-state index contributed by atoms with van der Waals surface area (Å²) in [6.07, 6.45) is 1.30. The summed E-state index contributed by atoms with van der Waals surface area (Å²) in [6.45, 7) is 2.49. The minimum Gasteiger partial charge on any atom is -0.324 e. The number of rotatable bonds is 4. The second kappa shape index (κ2) is 7.98. The molecular weight excluding hydrogens is 460 g/mol. The fourth-order valence-electron chi connectivity index (χ4n) is 2.88. The standard InChI is InChI=1S/C17H18BrClN2O3S2/c1-11-4-7-16(25-11)26(23,24)21-8-2-3-12(10-21)17(22)20-15-6-5-13(18)9-14(15)19/h4-7,9,12H,2-3,8,10H2,1H3,(H,20,22). The third-order valence-electron chi connectivity index (χ3n) is 4.25. The summed E-state index contributed by atoms with van der Waals surface area (Å²) in [4.78, 5) is 13.6. The van der Waals surface area contributed by atoms with Crippen LogP contribution in [0.15, 0.2) is 39.0 Å². The van der Waals surface area contributed by atoms with Crippen LogP contribution in [0.3, 0.4) is 0 Å². The van der Waals surface area contributed by atoms with Gasteiger partial charge < -0.3 is 5.32 Å². The second-order valence-electron chi connectivity index (χ2n) is 6.18. The normalized spacial score (nSPS) is 18.7. The Morgan fingerprint density at radius 3 is 2.77 bits per heavy atom. The maximum atomic E-state index is 12.8. The SMILES string of the molecule is Cc1ccc(S(=O)(=O)N2CCCC(C(=O)Nc3ccc(Br)cc3Cl)C2)s1. The highest BCUT2D eigenvalue weighted by Crippen LogP contribution is 2.30. The molecule has 1 amide bonds. The van der Waals surface area contributed by atoms with Crippen LogP contribution in [0.4, 0.5) is 5.69 Å². The third-order valence-corrected chi connectivity index (χ3v) is 8.39. The topological polar surface area (TPSA) is 66.5 Å². The molecule has 1 aliphatic rings. The van der Waals surface area contributed by atoms with Crippen LogP contribution < -0.4 is 5.32 Å². The Bertz CT molecular complexity index is 930. The molecule has 26 heavy (non-hydrogen) atoms. The summed E-state index contributed by atoms with van der Waals surface area (Å²) in [5.74, 6) is -0.615. The van der Waals surface area contributed by atoms with Crippen LogP contribution in [-0.2, 0) is 14.8 Å². The van der Waals surface area contributed by atoms with Gasteiger partial charge in [0.15, 0.2) is 0 Å². The number of hydrogen-bond donors (Lipinski definition) is 1. The summed E-state index contributed by atoms with van der Waals surface area (Å²) in [5.41, 5.74) is 0.522. The smallest absolute Gasteiger partial charge is 0.252 e. The van der Waals surface area contributed by atoms with Crippen LogP contribution in [0.2, 0.25) is 5.02 Å². The Kier molecular flexibility index (Phi) is 6.08. The average Bonchev–Trinajstić information content (AvgIpc) is 3.05. The van der Waals surface area contributed by atoms with Crippen LogP contribution >= 0.6 is 38.9 Å². The molecule has 9 heteroatoms. The van der Waals surface area contributed by atoms with E-state index in [1.807, 2.05) is 6.92 Å². The number of nitrogens with zero attached hydrogens (tertiary/aromatic N) is 1. The van der Waals surface area contributed by atoms with Crippen LogP contribution in [0.1, 0.15) is 17.7 Å². The van der Waals surface area contributed by atoms with Gasteiger partial charge in [-0.2, -0.15) is 4.31 Å². The molecule has 1 saturated heterocycles. The molecule has 1 fully saturated rings. The van der Waals surface area contributed by atoms with E-state index in [1.54, 1.807) is 30.3 Å². The predicted octanol–water partition coefficient (Wildman–Crippen LogP) is 4.51. The van der Waals surface area contributed by atoms with Crippen molar-refractivity contribution in [1.29, 1.82) is 0 Å². The maximum absolute atomic E-state index is 12.8. The first kappa shape index (κ1) is 19.8. The van der Waals surface area contributed by atoms with Crippen molar-refractivity contribution in [3.63, 3.8) is 0 Å². The summed E-state index contributed by atoms with van der Waals surface area (Å²) in [7, 11) is -3.55. The number of aryl methyl sites for hydroxylation is 1. The first-order valence-corrected chi connectivity index (χ1v) is 11.5. The van der Waals surface area contributed by atoms with Gasteiger partial charge in [-0.3, -0.25) is 4.79 Å². The zero-order chi connectivity index (χ0) is 18.9. The van der Waals surface area contributed by atoms with E-state index in [2.05, 4.69) is 21.2 Å². The van der Waals surface area contributed by atoms with E-state index in [0.29, 0.717) is 34.3 Å². The number of hydrogen-bond acceptors (Lipinski definition) is 4. The van der Waals surface area contributed by atoms with Crippen molar-refractivity contribution in [2.75, 3.05) is 18.4 Å². The largest absolute Gasteiger partial charge is 0.324 e. The van der Waals surface area contributed by atoms with Gasteiger partial charge in [0.25, 0.3) is 10.0 Å². The maximum Gasteiger partial charge on any atom is 0.252 e. The highest BCUT2D eigenvalue weighted by Gasteiger charge is 2.34. The first-order chi connectivity index (χ1) is 12.3. The first-order valence-electron chi connectivity index (χ1n) is 8.10. The number of sulfonamides is 1. The lowest BCUT2D eigenvalue weighted by Crippen LogP contribution is -2.43. The fraction of sp³-hybridized carbons (Fsp3) is 0.353. The number of amides is 1. The molecule has 3 rings (SSSR count). The van der Waals surface area contributed by atoms with Gasteiger partial charge in [0.2, 0.25) is 5.91 Å². The lowest BCUT2D eigenvalue weighted by molar-refractivity contribution is -0.120. The van der Waals surface area contributed by atoms with Crippen molar-refractivity contribution in [2.45, 2.75) is 24.0 Å². The van der Waals surface area contributed by atoms with Crippen LogP contribution in [0, 0.1) is 12.8 Å². The highest BCUT2D eigenvalue weighted by molar-refractivity contribution is 9.10. The molecule has 1 aromatic heterocycles. The van der Waals surface area contributed by atoms with Gasteiger partial charge >= 0.3 is 0 Å². The molecule has 2 aromatic rings. The fourth-order valence-corrected chi connectivity index (χ4v) is 6.56. The summed E-state index contributed by atoms with van der Waals surface area (Å²) >= 11 is 10.7. The van der Waals surface area contributed by atoms with Crippen LogP contribution in [0.5, 0.6) is 0 Å². The molecule has 1 N–H and O–H groups in total. The molecule has 0 aliphatic carbocycles. The molecule has 1 aliphatic heterocycles. The minimum absolute atomic E-state index is 0.180. The van der Waals surface area contributed by atoms with E-state index in [4.69, 9.17) is 11.6 Å². The quantitative estimate of drug-likeness (QED) is 0.704. The zero-order valence-electron chi connectivity index (χ0n) is 14.0. The predicted molar refractivity (Wildman–Crippen MR) is 108 cm³/mol. The summed E-state index contributed by atoms with van der Waals surface area (Å²) < 4.78 is 28.2. The van der Waals surface area contributed by atoms with E-state index in [9.17, 15) is 13.2 Å². The third kappa shape index (κ3) is 4.31. The van der Waals surface area contributed by atoms with Gasteiger partial charge in [0.05, 0.1) is 16.6 Å². The van der Waals surface area contributed by atoms with Gasteiger partial charge in [0, 0.05) is 22.4 Å². The lowest BCUT2D eigenvalue weighted by atomic mass is 9.99. The molecular formula is C17H18BrClN2O3S2. The number of piperidine rings is 1. The van der Waals surface area contributed by atoms with Gasteiger partial charge in [-0.25, -0.2) is 8.42 Å². The van der Waals surface area contributed by atoms with Crippen molar-refractivity contribution < 1.29 is 13.2 Å². The van der Waals surface area contributed by atoms with Crippen molar-refractivity contribution in [2.24, 2.45) is 5.92 Å². The van der Waals surface area contributed by atoms with Crippen molar-refractivity contribution in [3.05, 3.63) is 44.7 Å². The highest BCUT2D eigenvalue weighted by atomic mass is 79.9. The Balaban J connectivity index is 1.72.